The standard InChI is InChI=1S/C13H19NO/c1-9-5-6-11(15)12(10(9)2)13(3)7-4-8-14-13/h5-6,14-15H,4,7-8H2,1-3H3. The van der Waals surface area contributed by atoms with Crippen molar-refractivity contribution < 1.29 is 5.11 Å². The molecule has 0 amide bonds. The highest BCUT2D eigenvalue weighted by molar-refractivity contribution is 5.47. The largest absolute Gasteiger partial charge is 0.508 e. The number of rotatable bonds is 1. The highest BCUT2D eigenvalue weighted by Gasteiger charge is 2.33. The molecule has 1 aliphatic rings. The number of aromatic hydroxyl groups is 1. The van der Waals surface area contributed by atoms with Crippen LogP contribution in [0, 0.1) is 13.8 Å². The van der Waals surface area contributed by atoms with Crippen molar-refractivity contribution in [2.24, 2.45) is 0 Å². The van der Waals surface area contributed by atoms with Gasteiger partial charge in [0, 0.05) is 11.1 Å². The number of hydrogen-bond acceptors (Lipinski definition) is 2. The Balaban J connectivity index is 2.55. The Morgan fingerprint density at radius 3 is 2.67 bits per heavy atom. The lowest BCUT2D eigenvalue weighted by molar-refractivity contribution is 0.392. The molecule has 0 spiro atoms. The number of phenolic OH excluding ortho intramolecular Hbond substituents is 1. The van der Waals surface area contributed by atoms with Crippen molar-refractivity contribution in [3.8, 4) is 5.75 Å². The predicted molar refractivity (Wildman–Crippen MR) is 62.2 cm³/mol. The van der Waals surface area contributed by atoms with Crippen molar-refractivity contribution >= 4 is 0 Å². The quantitative estimate of drug-likeness (QED) is 0.738. The van der Waals surface area contributed by atoms with E-state index in [1.807, 2.05) is 12.1 Å². The van der Waals surface area contributed by atoms with E-state index in [2.05, 4.69) is 26.1 Å². The highest BCUT2D eigenvalue weighted by Crippen LogP contribution is 2.38. The van der Waals surface area contributed by atoms with Gasteiger partial charge in [0.15, 0.2) is 0 Å². The average molecular weight is 205 g/mol. The maximum Gasteiger partial charge on any atom is 0.120 e. The lowest BCUT2D eigenvalue weighted by Gasteiger charge is -2.28. The Morgan fingerprint density at radius 1 is 1.33 bits per heavy atom. The van der Waals surface area contributed by atoms with E-state index in [1.54, 1.807) is 0 Å². The van der Waals surface area contributed by atoms with Crippen molar-refractivity contribution in [3.63, 3.8) is 0 Å². The molecule has 2 nitrogen and oxygen atoms in total. The van der Waals surface area contributed by atoms with Crippen LogP contribution in [0.15, 0.2) is 12.1 Å². The summed E-state index contributed by atoms with van der Waals surface area (Å²) in [7, 11) is 0. The fourth-order valence-corrected chi connectivity index (χ4v) is 2.61. The van der Waals surface area contributed by atoms with Gasteiger partial charge in [0.1, 0.15) is 5.75 Å². The van der Waals surface area contributed by atoms with E-state index in [4.69, 9.17) is 0 Å². The van der Waals surface area contributed by atoms with E-state index >= 15 is 0 Å². The van der Waals surface area contributed by atoms with Crippen molar-refractivity contribution in [2.75, 3.05) is 6.54 Å². The fraction of sp³-hybridized carbons (Fsp3) is 0.538. The van der Waals surface area contributed by atoms with Crippen LogP contribution in [0.2, 0.25) is 0 Å². The molecule has 2 N–H and O–H groups in total. The lowest BCUT2D eigenvalue weighted by Crippen LogP contribution is -2.34. The number of benzene rings is 1. The van der Waals surface area contributed by atoms with Crippen LogP contribution in [0.5, 0.6) is 5.75 Å². The Bertz CT molecular complexity index is 378. The summed E-state index contributed by atoms with van der Waals surface area (Å²) in [5.74, 6) is 0.426. The van der Waals surface area contributed by atoms with Gasteiger partial charge < -0.3 is 10.4 Å². The number of hydrogen-bond donors (Lipinski definition) is 2. The summed E-state index contributed by atoms with van der Waals surface area (Å²) in [6.45, 7) is 7.41. The molecular weight excluding hydrogens is 186 g/mol. The van der Waals surface area contributed by atoms with Gasteiger partial charge in [-0.2, -0.15) is 0 Å². The second-order valence-corrected chi connectivity index (χ2v) is 4.76. The summed E-state index contributed by atoms with van der Waals surface area (Å²) in [5.41, 5.74) is 3.50. The molecule has 82 valence electrons. The Hall–Kier alpha value is -1.02. The lowest BCUT2D eigenvalue weighted by atomic mass is 9.85. The van der Waals surface area contributed by atoms with Crippen molar-refractivity contribution in [1.82, 2.24) is 5.32 Å². The summed E-state index contributed by atoms with van der Waals surface area (Å²) in [4.78, 5) is 0. The molecule has 1 atom stereocenters. The Labute approximate surface area is 91.3 Å². The molecule has 0 saturated carbocycles. The zero-order valence-electron chi connectivity index (χ0n) is 9.72. The summed E-state index contributed by atoms with van der Waals surface area (Å²) >= 11 is 0. The minimum Gasteiger partial charge on any atom is -0.508 e. The second kappa shape index (κ2) is 3.53. The van der Waals surface area contributed by atoms with Crippen LogP contribution in [0.4, 0.5) is 0 Å². The first-order chi connectivity index (χ1) is 7.04. The van der Waals surface area contributed by atoms with E-state index in [-0.39, 0.29) is 5.54 Å². The van der Waals surface area contributed by atoms with Gasteiger partial charge in [-0.25, -0.2) is 0 Å². The third-order valence-electron chi connectivity index (χ3n) is 3.63. The third-order valence-corrected chi connectivity index (χ3v) is 3.63. The van der Waals surface area contributed by atoms with Crippen LogP contribution in [-0.4, -0.2) is 11.7 Å². The van der Waals surface area contributed by atoms with Gasteiger partial charge in [0.25, 0.3) is 0 Å². The van der Waals surface area contributed by atoms with Crippen molar-refractivity contribution in [3.05, 3.63) is 28.8 Å². The van der Waals surface area contributed by atoms with Gasteiger partial charge in [-0.05, 0) is 57.4 Å². The number of aryl methyl sites for hydroxylation is 1. The maximum atomic E-state index is 10.0. The molecule has 2 heteroatoms. The van der Waals surface area contributed by atoms with E-state index in [1.165, 1.54) is 17.5 Å². The van der Waals surface area contributed by atoms with Crippen LogP contribution in [-0.2, 0) is 5.54 Å². The maximum absolute atomic E-state index is 10.0. The van der Waals surface area contributed by atoms with Gasteiger partial charge in [-0.1, -0.05) is 6.07 Å². The van der Waals surface area contributed by atoms with Crippen LogP contribution in [0.3, 0.4) is 0 Å². The normalized spacial score (nSPS) is 25.8. The monoisotopic (exact) mass is 205 g/mol. The molecule has 15 heavy (non-hydrogen) atoms. The molecule has 1 aromatic rings. The Kier molecular flexibility index (Phi) is 2.47. The van der Waals surface area contributed by atoms with Gasteiger partial charge in [0.05, 0.1) is 0 Å². The van der Waals surface area contributed by atoms with Crippen molar-refractivity contribution in [2.45, 2.75) is 39.2 Å². The second-order valence-electron chi connectivity index (χ2n) is 4.76. The summed E-state index contributed by atoms with van der Waals surface area (Å²) < 4.78 is 0. The van der Waals surface area contributed by atoms with Crippen LogP contribution in [0.1, 0.15) is 36.5 Å². The van der Waals surface area contributed by atoms with E-state index in [9.17, 15) is 5.11 Å². The molecule has 0 radical (unpaired) electrons. The first-order valence-corrected chi connectivity index (χ1v) is 5.59. The zero-order valence-corrected chi connectivity index (χ0v) is 9.72. The third kappa shape index (κ3) is 1.63. The minimum absolute atomic E-state index is 0.0415. The molecule has 1 unspecified atom stereocenters. The average Bonchev–Trinajstić information content (AvgIpc) is 2.60. The molecule has 2 rings (SSSR count). The Morgan fingerprint density at radius 2 is 2.07 bits per heavy atom. The molecule has 1 saturated heterocycles. The smallest absolute Gasteiger partial charge is 0.120 e. The molecule has 0 aliphatic carbocycles. The zero-order chi connectivity index (χ0) is 11.1. The van der Waals surface area contributed by atoms with Gasteiger partial charge in [0.2, 0.25) is 0 Å². The molecule has 1 aromatic carbocycles. The van der Waals surface area contributed by atoms with Crippen LogP contribution in [0.25, 0.3) is 0 Å². The van der Waals surface area contributed by atoms with E-state index in [0.29, 0.717) is 5.75 Å². The van der Waals surface area contributed by atoms with E-state index in [0.717, 1.165) is 18.5 Å². The molecule has 0 aromatic heterocycles. The number of phenols is 1. The van der Waals surface area contributed by atoms with Gasteiger partial charge in [-0.15, -0.1) is 0 Å². The van der Waals surface area contributed by atoms with Gasteiger partial charge in [-0.3, -0.25) is 0 Å². The van der Waals surface area contributed by atoms with Crippen molar-refractivity contribution in [1.29, 1.82) is 0 Å². The fourth-order valence-electron chi connectivity index (χ4n) is 2.61. The summed E-state index contributed by atoms with van der Waals surface area (Å²) in [5, 5.41) is 13.5. The molecular formula is C13H19NO. The minimum atomic E-state index is -0.0415. The summed E-state index contributed by atoms with van der Waals surface area (Å²) in [6, 6.07) is 3.79. The highest BCUT2D eigenvalue weighted by atomic mass is 16.3. The predicted octanol–water partition coefficient (Wildman–Crippen LogP) is 2.61. The van der Waals surface area contributed by atoms with Crippen LogP contribution >= 0.6 is 0 Å². The molecule has 0 bridgehead atoms. The molecule has 1 heterocycles. The molecule has 1 aliphatic heterocycles. The topological polar surface area (TPSA) is 32.3 Å². The van der Waals surface area contributed by atoms with Gasteiger partial charge >= 0.3 is 0 Å². The SMILES string of the molecule is Cc1ccc(O)c(C2(C)CCCN2)c1C. The number of nitrogens with one attached hydrogen (secondary N) is 1. The first-order valence-electron chi connectivity index (χ1n) is 5.59. The van der Waals surface area contributed by atoms with Crippen LogP contribution < -0.4 is 5.32 Å². The van der Waals surface area contributed by atoms with E-state index < -0.39 is 0 Å². The first kappa shape index (κ1) is 10.5. The molecule has 1 fully saturated rings. The summed E-state index contributed by atoms with van der Waals surface area (Å²) in [6.07, 6.45) is 2.29.